The number of aliphatic hydroxyl groups excluding tert-OH is 1. The van der Waals surface area contributed by atoms with Gasteiger partial charge in [0.1, 0.15) is 5.82 Å². The minimum Gasteiger partial charge on any atom is -0.390 e. The molecule has 1 aliphatic rings. The highest BCUT2D eigenvalue weighted by atomic mass is 16.3. The van der Waals surface area contributed by atoms with Gasteiger partial charge in [-0.2, -0.15) is 0 Å². The van der Waals surface area contributed by atoms with Crippen LogP contribution >= 0.6 is 0 Å². The van der Waals surface area contributed by atoms with E-state index in [0.29, 0.717) is 6.04 Å². The average molecular weight is 278 g/mol. The van der Waals surface area contributed by atoms with Gasteiger partial charge < -0.3 is 14.9 Å². The average Bonchev–Trinajstić information content (AvgIpc) is 2.83. The van der Waals surface area contributed by atoms with Crippen molar-refractivity contribution in [2.45, 2.75) is 45.3 Å². The predicted octanol–water partition coefficient (Wildman–Crippen LogP) is 1.62. The van der Waals surface area contributed by atoms with Gasteiger partial charge in [0.15, 0.2) is 0 Å². The summed E-state index contributed by atoms with van der Waals surface area (Å²) in [6.07, 6.45) is 4.35. The van der Waals surface area contributed by atoms with E-state index >= 15 is 0 Å². The van der Waals surface area contributed by atoms with Crippen LogP contribution in [0.2, 0.25) is 0 Å². The monoisotopic (exact) mass is 278 g/mol. The molecule has 2 heterocycles. The molecule has 0 spiro atoms. The zero-order valence-corrected chi connectivity index (χ0v) is 13.0. The second kappa shape index (κ2) is 6.50. The van der Waals surface area contributed by atoms with Crippen LogP contribution in [0.3, 0.4) is 0 Å². The molecular formula is C15H26N4O. The second-order valence-corrected chi connectivity index (χ2v) is 6.03. The summed E-state index contributed by atoms with van der Waals surface area (Å²) in [5.41, 5.74) is 1.67. The summed E-state index contributed by atoms with van der Waals surface area (Å²) in [5.74, 6) is 1.07. The number of aliphatic hydroxyl groups is 1. The third-order valence-electron chi connectivity index (χ3n) is 4.10. The SMILES string of the molecule is CC(C)c1ncc(N(C)CC2CCCN2C)c(CO)n1. The second-order valence-electron chi connectivity index (χ2n) is 6.03. The molecule has 0 saturated carbocycles. The Bertz CT molecular complexity index is 449. The molecule has 0 aliphatic carbocycles. The third-order valence-corrected chi connectivity index (χ3v) is 4.10. The Hall–Kier alpha value is -1.20. The van der Waals surface area contributed by atoms with Gasteiger partial charge in [0.25, 0.3) is 0 Å². The lowest BCUT2D eigenvalue weighted by Gasteiger charge is -2.28. The van der Waals surface area contributed by atoms with Crippen LogP contribution < -0.4 is 4.90 Å². The molecule has 0 amide bonds. The molecule has 20 heavy (non-hydrogen) atoms. The van der Waals surface area contributed by atoms with Crippen LogP contribution in [0.15, 0.2) is 6.20 Å². The molecule has 1 N–H and O–H groups in total. The number of anilines is 1. The molecule has 1 saturated heterocycles. The van der Waals surface area contributed by atoms with Crippen LogP contribution in [0.5, 0.6) is 0 Å². The van der Waals surface area contributed by atoms with Gasteiger partial charge in [0.05, 0.1) is 24.2 Å². The lowest BCUT2D eigenvalue weighted by Crippen LogP contribution is -2.37. The van der Waals surface area contributed by atoms with Gasteiger partial charge in [-0.25, -0.2) is 9.97 Å². The number of aromatic nitrogens is 2. The topological polar surface area (TPSA) is 52.5 Å². The van der Waals surface area contributed by atoms with Gasteiger partial charge in [-0.05, 0) is 26.4 Å². The lowest BCUT2D eigenvalue weighted by molar-refractivity contribution is 0.275. The fourth-order valence-electron chi connectivity index (χ4n) is 2.76. The number of nitrogens with zero attached hydrogens (tertiary/aromatic N) is 4. The molecule has 1 unspecified atom stereocenters. The number of hydrogen-bond donors (Lipinski definition) is 1. The molecule has 1 fully saturated rings. The highest BCUT2D eigenvalue weighted by Crippen LogP contribution is 2.22. The van der Waals surface area contributed by atoms with Gasteiger partial charge in [0.2, 0.25) is 0 Å². The Kier molecular flexibility index (Phi) is 4.94. The summed E-state index contributed by atoms with van der Waals surface area (Å²) in [4.78, 5) is 13.5. The minimum atomic E-state index is -0.0393. The first kappa shape index (κ1) is 15.2. The highest BCUT2D eigenvalue weighted by Gasteiger charge is 2.23. The van der Waals surface area contributed by atoms with Crippen molar-refractivity contribution in [3.63, 3.8) is 0 Å². The van der Waals surface area contributed by atoms with Gasteiger partial charge in [-0.1, -0.05) is 13.8 Å². The fraction of sp³-hybridized carbons (Fsp3) is 0.733. The number of rotatable bonds is 5. The summed E-state index contributed by atoms with van der Waals surface area (Å²) >= 11 is 0. The molecule has 1 aromatic heterocycles. The van der Waals surface area contributed by atoms with Crippen molar-refractivity contribution in [2.75, 3.05) is 32.1 Å². The van der Waals surface area contributed by atoms with Gasteiger partial charge in [-0.15, -0.1) is 0 Å². The Labute approximate surface area is 121 Å². The van der Waals surface area contributed by atoms with Crippen molar-refractivity contribution in [1.29, 1.82) is 0 Å². The number of likely N-dealkylation sites (N-methyl/N-ethyl adjacent to an activating group) is 2. The normalized spacial score (nSPS) is 19.8. The van der Waals surface area contributed by atoms with E-state index in [1.165, 1.54) is 19.4 Å². The minimum absolute atomic E-state index is 0.0393. The van der Waals surface area contributed by atoms with E-state index < -0.39 is 0 Å². The molecule has 0 aromatic carbocycles. The molecule has 2 rings (SSSR count). The van der Waals surface area contributed by atoms with Crippen molar-refractivity contribution < 1.29 is 5.11 Å². The van der Waals surface area contributed by atoms with Crippen molar-refractivity contribution in [3.8, 4) is 0 Å². The van der Waals surface area contributed by atoms with Crippen LogP contribution in [0.25, 0.3) is 0 Å². The summed E-state index contributed by atoms with van der Waals surface area (Å²) in [5, 5.41) is 9.56. The number of likely N-dealkylation sites (tertiary alicyclic amines) is 1. The lowest BCUT2D eigenvalue weighted by atomic mass is 10.2. The maximum atomic E-state index is 9.56. The summed E-state index contributed by atoms with van der Waals surface area (Å²) < 4.78 is 0. The zero-order valence-electron chi connectivity index (χ0n) is 13.0. The first-order chi connectivity index (χ1) is 9.52. The molecule has 1 atom stereocenters. The van der Waals surface area contributed by atoms with Crippen LogP contribution in [-0.4, -0.2) is 53.2 Å². The number of hydrogen-bond acceptors (Lipinski definition) is 5. The Morgan fingerprint density at radius 2 is 2.25 bits per heavy atom. The van der Waals surface area contributed by atoms with Gasteiger partial charge in [0, 0.05) is 25.6 Å². The molecule has 0 bridgehead atoms. The Balaban J connectivity index is 2.14. The van der Waals surface area contributed by atoms with Crippen LogP contribution in [-0.2, 0) is 6.61 Å². The summed E-state index contributed by atoms with van der Waals surface area (Å²) in [6, 6.07) is 0.580. The standard InChI is InChI=1S/C15H26N4O/c1-11(2)15-16-8-14(13(10-20)17-15)19(4)9-12-6-5-7-18(12)3/h8,11-12,20H,5-7,9-10H2,1-4H3. The van der Waals surface area contributed by atoms with E-state index in [4.69, 9.17) is 0 Å². The molecule has 1 aromatic rings. The van der Waals surface area contributed by atoms with E-state index in [9.17, 15) is 5.11 Å². The van der Waals surface area contributed by atoms with Crippen LogP contribution in [0, 0.1) is 0 Å². The van der Waals surface area contributed by atoms with Crippen LogP contribution in [0.4, 0.5) is 5.69 Å². The van der Waals surface area contributed by atoms with Gasteiger partial charge in [-0.3, -0.25) is 0 Å². The smallest absolute Gasteiger partial charge is 0.131 e. The van der Waals surface area contributed by atoms with E-state index in [1.807, 2.05) is 6.20 Å². The molecule has 112 valence electrons. The quantitative estimate of drug-likeness (QED) is 0.887. The first-order valence-corrected chi connectivity index (χ1v) is 7.41. The fourth-order valence-corrected chi connectivity index (χ4v) is 2.76. The Morgan fingerprint density at radius 3 is 2.80 bits per heavy atom. The third kappa shape index (κ3) is 3.27. The largest absolute Gasteiger partial charge is 0.390 e. The maximum absolute atomic E-state index is 9.56. The van der Waals surface area contributed by atoms with E-state index in [-0.39, 0.29) is 12.5 Å². The van der Waals surface area contributed by atoms with E-state index in [2.05, 4.69) is 47.7 Å². The molecular weight excluding hydrogens is 252 g/mol. The summed E-state index contributed by atoms with van der Waals surface area (Å²) in [7, 11) is 4.23. The molecule has 5 heteroatoms. The maximum Gasteiger partial charge on any atom is 0.131 e. The summed E-state index contributed by atoms with van der Waals surface area (Å²) in [6.45, 7) is 6.21. The van der Waals surface area contributed by atoms with Crippen LogP contribution in [0.1, 0.15) is 44.1 Å². The molecule has 0 radical (unpaired) electrons. The van der Waals surface area contributed by atoms with E-state index in [0.717, 1.165) is 23.8 Å². The predicted molar refractivity (Wildman–Crippen MR) is 81.0 cm³/mol. The molecule has 5 nitrogen and oxygen atoms in total. The van der Waals surface area contributed by atoms with Crippen molar-refractivity contribution >= 4 is 5.69 Å². The first-order valence-electron chi connectivity index (χ1n) is 7.41. The van der Waals surface area contributed by atoms with E-state index in [1.54, 1.807) is 0 Å². The van der Waals surface area contributed by atoms with Crippen molar-refractivity contribution in [2.24, 2.45) is 0 Å². The molecule has 1 aliphatic heterocycles. The zero-order chi connectivity index (χ0) is 14.7. The van der Waals surface area contributed by atoms with Crippen molar-refractivity contribution in [1.82, 2.24) is 14.9 Å². The van der Waals surface area contributed by atoms with Gasteiger partial charge >= 0.3 is 0 Å². The Morgan fingerprint density at radius 1 is 1.50 bits per heavy atom. The highest BCUT2D eigenvalue weighted by molar-refractivity contribution is 5.48. The van der Waals surface area contributed by atoms with Crippen molar-refractivity contribution in [3.05, 3.63) is 17.7 Å².